The van der Waals surface area contributed by atoms with Crippen molar-refractivity contribution < 1.29 is 5.11 Å². The van der Waals surface area contributed by atoms with Gasteiger partial charge in [-0.25, -0.2) is 0 Å². The molecule has 0 aromatic heterocycles. The molecule has 0 spiro atoms. The normalized spacial score (nSPS) is 17.6. The molecule has 1 nitrogen and oxygen atoms in total. The van der Waals surface area contributed by atoms with Gasteiger partial charge in [-0.3, -0.25) is 0 Å². The third-order valence-electron chi connectivity index (χ3n) is 4.01. The van der Waals surface area contributed by atoms with Gasteiger partial charge in [0.05, 0.1) is 6.10 Å². The maximum absolute atomic E-state index is 10.3. The van der Waals surface area contributed by atoms with E-state index in [1.807, 2.05) is 0 Å². The summed E-state index contributed by atoms with van der Waals surface area (Å²) in [4.78, 5) is 0. The van der Waals surface area contributed by atoms with Gasteiger partial charge in [0.1, 0.15) is 0 Å². The van der Waals surface area contributed by atoms with Crippen molar-refractivity contribution in [2.24, 2.45) is 5.92 Å². The van der Waals surface area contributed by atoms with Crippen LogP contribution in [-0.4, -0.2) is 5.11 Å². The number of hydrogen-bond donors (Lipinski definition) is 1. The summed E-state index contributed by atoms with van der Waals surface area (Å²) in [5.41, 5.74) is 6.33. The second kappa shape index (κ2) is 4.21. The Bertz CT molecular complexity index is 376. The first-order chi connectivity index (χ1) is 7.50. The molecule has 0 saturated heterocycles. The van der Waals surface area contributed by atoms with Gasteiger partial charge in [0.15, 0.2) is 0 Å². The van der Waals surface area contributed by atoms with Crippen molar-refractivity contribution in [1.82, 2.24) is 0 Å². The van der Waals surface area contributed by atoms with Gasteiger partial charge < -0.3 is 5.11 Å². The zero-order valence-corrected chi connectivity index (χ0v) is 10.8. The Balaban J connectivity index is 2.36. The predicted octanol–water partition coefficient (Wildman–Crippen LogP) is 3.75. The third-order valence-corrected chi connectivity index (χ3v) is 4.01. The molecular weight excluding hydrogens is 196 g/mol. The zero-order valence-electron chi connectivity index (χ0n) is 10.8. The first kappa shape index (κ1) is 11.7. The van der Waals surface area contributed by atoms with Crippen molar-refractivity contribution >= 4 is 0 Å². The van der Waals surface area contributed by atoms with Crippen LogP contribution in [0.3, 0.4) is 0 Å². The van der Waals surface area contributed by atoms with Gasteiger partial charge in [-0.05, 0) is 67.9 Å². The van der Waals surface area contributed by atoms with Crippen molar-refractivity contribution in [3.63, 3.8) is 0 Å². The van der Waals surface area contributed by atoms with Crippen LogP contribution in [0.4, 0.5) is 0 Å². The van der Waals surface area contributed by atoms with E-state index in [1.165, 1.54) is 40.7 Å². The Morgan fingerprint density at radius 2 is 1.62 bits per heavy atom. The lowest BCUT2D eigenvalue weighted by molar-refractivity contribution is 0.159. The number of aliphatic hydroxyl groups is 1. The van der Waals surface area contributed by atoms with E-state index in [9.17, 15) is 5.11 Å². The lowest BCUT2D eigenvalue weighted by atomic mass is 9.89. The first-order valence-corrected chi connectivity index (χ1v) is 6.26. The fraction of sp³-hybridized carbons (Fsp3) is 0.600. The molecule has 0 heterocycles. The molecule has 2 rings (SSSR count). The maximum Gasteiger partial charge on any atom is 0.0798 e. The van der Waals surface area contributed by atoms with E-state index in [4.69, 9.17) is 0 Å². The van der Waals surface area contributed by atoms with Crippen LogP contribution in [0.2, 0.25) is 0 Å². The fourth-order valence-corrected chi connectivity index (χ4v) is 2.53. The smallest absolute Gasteiger partial charge is 0.0798 e. The third kappa shape index (κ3) is 2.15. The molecule has 1 aliphatic rings. The highest BCUT2D eigenvalue weighted by atomic mass is 16.3. The molecule has 88 valence electrons. The van der Waals surface area contributed by atoms with Crippen molar-refractivity contribution in [2.45, 2.75) is 53.1 Å². The van der Waals surface area contributed by atoms with E-state index in [2.05, 4.69) is 33.8 Å². The van der Waals surface area contributed by atoms with Crippen LogP contribution in [-0.2, 0) is 0 Å². The number of aliphatic hydroxyl groups excluding tert-OH is 1. The molecular formula is C15H22O. The summed E-state index contributed by atoms with van der Waals surface area (Å²) < 4.78 is 0. The minimum Gasteiger partial charge on any atom is -0.388 e. The van der Waals surface area contributed by atoms with Gasteiger partial charge in [-0.15, -0.1) is 0 Å². The van der Waals surface area contributed by atoms with E-state index in [1.54, 1.807) is 0 Å². The second-order valence-electron chi connectivity index (χ2n) is 5.37. The summed E-state index contributed by atoms with van der Waals surface area (Å²) in [7, 11) is 0. The van der Waals surface area contributed by atoms with Gasteiger partial charge in [0.2, 0.25) is 0 Å². The Morgan fingerprint density at radius 3 is 2.06 bits per heavy atom. The molecule has 0 bridgehead atoms. The summed E-state index contributed by atoms with van der Waals surface area (Å²) in [6, 6.07) is 2.22. The van der Waals surface area contributed by atoms with E-state index >= 15 is 0 Å². The van der Waals surface area contributed by atoms with Crippen LogP contribution in [0.5, 0.6) is 0 Å². The number of aryl methyl sites for hydroxylation is 2. The van der Waals surface area contributed by atoms with Crippen molar-refractivity contribution in [2.75, 3.05) is 0 Å². The van der Waals surface area contributed by atoms with Crippen molar-refractivity contribution in [3.8, 4) is 0 Å². The Hall–Kier alpha value is -0.820. The highest BCUT2D eigenvalue weighted by Gasteiger charge is 2.27. The zero-order chi connectivity index (χ0) is 11.9. The molecule has 1 heteroatoms. The predicted molar refractivity (Wildman–Crippen MR) is 67.7 cm³/mol. The molecule has 0 radical (unpaired) electrons. The van der Waals surface area contributed by atoms with Crippen LogP contribution in [0, 0.1) is 33.6 Å². The van der Waals surface area contributed by atoms with Crippen LogP contribution in [0.25, 0.3) is 0 Å². The van der Waals surface area contributed by atoms with E-state index in [-0.39, 0.29) is 6.10 Å². The van der Waals surface area contributed by atoms with E-state index < -0.39 is 0 Å². The van der Waals surface area contributed by atoms with Gasteiger partial charge in [0, 0.05) is 0 Å². The molecule has 16 heavy (non-hydrogen) atoms. The van der Waals surface area contributed by atoms with Crippen molar-refractivity contribution in [1.29, 1.82) is 0 Å². The van der Waals surface area contributed by atoms with Gasteiger partial charge in [-0.2, -0.15) is 0 Å². The summed E-state index contributed by atoms with van der Waals surface area (Å²) in [5, 5.41) is 10.3. The molecule has 1 saturated carbocycles. The summed E-state index contributed by atoms with van der Waals surface area (Å²) >= 11 is 0. The lowest BCUT2D eigenvalue weighted by Crippen LogP contribution is -2.06. The number of hydrogen-bond acceptors (Lipinski definition) is 1. The molecule has 1 fully saturated rings. The van der Waals surface area contributed by atoms with Crippen LogP contribution in [0.1, 0.15) is 53.2 Å². The molecule has 1 atom stereocenters. The Kier molecular flexibility index (Phi) is 3.07. The van der Waals surface area contributed by atoms with E-state index in [0.29, 0.717) is 0 Å². The van der Waals surface area contributed by atoms with Gasteiger partial charge in [0.25, 0.3) is 0 Å². The Morgan fingerprint density at radius 1 is 1.12 bits per heavy atom. The summed E-state index contributed by atoms with van der Waals surface area (Å²) in [6.45, 7) is 8.53. The minimum absolute atomic E-state index is 0.258. The average molecular weight is 218 g/mol. The fourth-order valence-electron chi connectivity index (χ4n) is 2.53. The summed E-state index contributed by atoms with van der Waals surface area (Å²) in [5.74, 6) is 0.773. The number of rotatable bonds is 3. The average Bonchev–Trinajstić information content (AvgIpc) is 2.99. The molecule has 1 unspecified atom stereocenters. The number of benzene rings is 1. The molecule has 1 aromatic rings. The molecule has 1 N–H and O–H groups in total. The van der Waals surface area contributed by atoms with Crippen molar-refractivity contribution in [3.05, 3.63) is 33.9 Å². The molecule has 1 aliphatic carbocycles. The summed E-state index contributed by atoms with van der Waals surface area (Å²) in [6.07, 6.45) is 3.30. The topological polar surface area (TPSA) is 20.2 Å². The molecule has 0 amide bonds. The second-order valence-corrected chi connectivity index (χ2v) is 5.37. The first-order valence-electron chi connectivity index (χ1n) is 6.26. The molecule has 0 aliphatic heterocycles. The van der Waals surface area contributed by atoms with Gasteiger partial charge in [-0.1, -0.05) is 18.9 Å². The largest absolute Gasteiger partial charge is 0.388 e. The Labute approximate surface area is 98.5 Å². The maximum atomic E-state index is 10.3. The lowest BCUT2D eigenvalue weighted by Gasteiger charge is -2.20. The van der Waals surface area contributed by atoms with Crippen LogP contribution >= 0.6 is 0 Å². The van der Waals surface area contributed by atoms with Crippen LogP contribution < -0.4 is 0 Å². The highest BCUT2D eigenvalue weighted by Crippen LogP contribution is 2.39. The van der Waals surface area contributed by atoms with Crippen LogP contribution in [0.15, 0.2) is 6.07 Å². The minimum atomic E-state index is -0.258. The monoisotopic (exact) mass is 218 g/mol. The molecule has 1 aromatic carbocycles. The van der Waals surface area contributed by atoms with Gasteiger partial charge >= 0.3 is 0 Å². The highest BCUT2D eigenvalue weighted by molar-refractivity contribution is 5.45. The standard InChI is InChI=1S/C15H22O/c1-9-7-10(2)12(4)15(11(9)3)14(16)8-13-5-6-13/h7,13-14,16H,5-6,8H2,1-4H3. The SMILES string of the molecule is Cc1cc(C)c(C)c(C(O)CC2CC2)c1C. The van der Waals surface area contributed by atoms with E-state index in [0.717, 1.165) is 12.3 Å². The quantitative estimate of drug-likeness (QED) is 0.819.